The van der Waals surface area contributed by atoms with Crippen LogP contribution in [0.2, 0.25) is 0 Å². The molecule has 23 heavy (non-hydrogen) atoms. The van der Waals surface area contributed by atoms with Crippen LogP contribution in [0.4, 0.5) is 13.2 Å². The van der Waals surface area contributed by atoms with Crippen LogP contribution in [-0.4, -0.2) is 19.5 Å². The molecule has 0 saturated heterocycles. The van der Waals surface area contributed by atoms with E-state index in [1.54, 1.807) is 27.7 Å². The Morgan fingerprint density at radius 1 is 1.39 bits per heavy atom. The van der Waals surface area contributed by atoms with Gasteiger partial charge in [0.15, 0.2) is 0 Å². The van der Waals surface area contributed by atoms with E-state index >= 15 is 0 Å². The zero-order chi connectivity index (χ0) is 17.6. The van der Waals surface area contributed by atoms with Gasteiger partial charge in [0.1, 0.15) is 11.3 Å². The van der Waals surface area contributed by atoms with Gasteiger partial charge in [0.25, 0.3) is 0 Å². The van der Waals surface area contributed by atoms with Crippen LogP contribution in [0.15, 0.2) is 12.1 Å². The van der Waals surface area contributed by atoms with Gasteiger partial charge in [0.05, 0.1) is 15.7 Å². The lowest BCUT2D eigenvalue weighted by atomic mass is 9.80. The summed E-state index contributed by atoms with van der Waals surface area (Å²) in [6, 6.07) is 2.36. The standard InChI is InChI=1S/C15H21F3N2O2S/c1-13(2)7-9(8-14(3,4)23(19)21)10-5-6-11(15(16,17)18)20-12(10)22-13/h5-6,9H,7-8,19H2,1-4H3/t9-,23?/m1/s1. The van der Waals surface area contributed by atoms with Crippen LogP contribution >= 0.6 is 0 Å². The van der Waals surface area contributed by atoms with Gasteiger partial charge >= 0.3 is 6.18 Å². The van der Waals surface area contributed by atoms with Crippen LogP contribution in [0, 0.1) is 0 Å². The SMILES string of the molecule is CC1(C)C[C@H](CC(C)(C)S(N)=O)c2ccc(C(F)(F)F)nc2O1. The summed E-state index contributed by atoms with van der Waals surface area (Å²) >= 11 is 0. The number of rotatable bonds is 3. The molecule has 0 aliphatic carbocycles. The van der Waals surface area contributed by atoms with Gasteiger partial charge in [0, 0.05) is 5.56 Å². The Hall–Kier alpha value is -1.15. The van der Waals surface area contributed by atoms with Crippen molar-refractivity contribution < 1.29 is 22.1 Å². The Kier molecular flexibility index (Phi) is 4.54. The zero-order valence-electron chi connectivity index (χ0n) is 13.5. The normalized spacial score (nSPS) is 22.2. The summed E-state index contributed by atoms with van der Waals surface area (Å²) in [5.41, 5.74) is -1.02. The Morgan fingerprint density at radius 2 is 2.00 bits per heavy atom. The predicted molar refractivity (Wildman–Crippen MR) is 82.3 cm³/mol. The number of aromatic nitrogens is 1. The van der Waals surface area contributed by atoms with Crippen molar-refractivity contribution in [1.29, 1.82) is 0 Å². The third kappa shape index (κ3) is 4.03. The van der Waals surface area contributed by atoms with Crippen molar-refractivity contribution in [2.45, 2.75) is 63.0 Å². The van der Waals surface area contributed by atoms with E-state index in [4.69, 9.17) is 9.88 Å². The minimum atomic E-state index is -4.52. The summed E-state index contributed by atoms with van der Waals surface area (Å²) in [5.74, 6) is -0.120. The van der Waals surface area contributed by atoms with Crippen LogP contribution in [0.3, 0.4) is 0 Å². The molecule has 1 aromatic heterocycles. The number of hydrogen-bond donors (Lipinski definition) is 1. The lowest BCUT2D eigenvalue weighted by Crippen LogP contribution is -2.40. The van der Waals surface area contributed by atoms with E-state index < -0.39 is 33.2 Å². The molecule has 1 aliphatic heterocycles. The highest BCUT2D eigenvalue weighted by molar-refractivity contribution is 7.84. The average molecular weight is 350 g/mol. The van der Waals surface area contributed by atoms with Gasteiger partial charge in [-0.3, -0.25) is 5.14 Å². The van der Waals surface area contributed by atoms with Crippen molar-refractivity contribution in [3.8, 4) is 5.88 Å². The third-order valence-electron chi connectivity index (χ3n) is 4.01. The fourth-order valence-electron chi connectivity index (χ4n) is 2.87. The largest absolute Gasteiger partial charge is 0.471 e. The molecule has 0 saturated carbocycles. The number of nitrogens with zero attached hydrogens (tertiary/aromatic N) is 1. The van der Waals surface area contributed by atoms with Crippen molar-refractivity contribution in [3.63, 3.8) is 0 Å². The van der Waals surface area contributed by atoms with E-state index in [9.17, 15) is 17.4 Å². The smallest absolute Gasteiger partial charge is 0.433 e. The number of ether oxygens (including phenoxy) is 1. The van der Waals surface area contributed by atoms with Crippen molar-refractivity contribution in [1.82, 2.24) is 4.98 Å². The highest BCUT2D eigenvalue weighted by Gasteiger charge is 2.41. The Morgan fingerprint density at radius 3 is 2.52 bits per heavy atom. The molecule has 0 spiro atoms. The highest BCUT2D eigenvalue weighted by Crippen LogP contribution is 2.45. The fraction of sp³-hybridized carbons (Fsp3) is 0.667. The molecule has 4 nitrogen and oxygen atoms in total. The van der Waals surface area contributed by atoms with Crippen LogP contribution in [-0.2, 0) is 17.2 Å². The van der Waals surface area contributed by atoms with Gasteiger partial charge in [-0.25, -0.2) is 9.19 Å². The van der Waals surface area contributed by atoms with E-state index in [0.29, 0.717) is 18.4 Å². The molecule has 0 bridgehead atoms. The maximum absolute atomic E-state index is 12.8. The molecular weight excluding hydrogens is 329 g/mol. The highest BCUT2D eigenvalue weighted by atomic mass is 32.2. The van der Waals surface area contributed by atoms with Crippen LogP contribution in [0.5, 0.6) is 5.88 Å². The second-order valence-corrected chi connectivity index (χ2v) is 8.81. The van der Waals surface area contributed by atoms with Crippen molar-refractivity contribution in [2.24, 2.45) is 5.14 Å². The quantitative estimate of drug-likeness (QED) is 0.907. The number of hydrogen-bond acceptors (Lipinski definition) is 3. The van der Waals surface area contributed by atoms with Gasteiger partial charge in [-0.15, -0.1) is 0 Å². The first-order valence-corrected chi connectivity index (χ1v) is 8.46. The molecule has 1 unspecified atom stereocenters. The zero-order valence-corrected chi connectivity index (χ0v) is 14.3. The number of alkyl halides is 3. The Balaban J connectivity index is 2.43. The van der Waals surface area contributed by atoms with Crippen molar-refractivity contribution in [2.75, 3.05) is 0 Å². The molecule has 0 amide bonds. The summed E-state index contributed by atoms with van der Waals surface area (Å²) in [6.45, 7) is 7.17. The maximum Gasteiger partial charge on any atom is 0.433 e. The van der Waals surface area contributed by atoms with E-state index in [2.05, 4.69) is 4.98 Å². The predicted octanol–water partition coefficient (Wildman–Crippen LogP) is 3.54. The molecule has 2 rings (SSSR count). The van der Waals surface area contributed by atoms with Gasteiger partial charge < -0.3 is 4.74 Å². The van der Waals surface area contributed by atoms with E-state index in [1.165, 1.54) is 6.07 Å². The summed E-state index contributed by atoms with van der Waals surface area (Å²) in [7, 11) is -1.54. The molecule has 1 aromatic rings. The Bertz CT molecular complexity index is 630. The molecule has 130 valence electrons. The van der Waals surface area contributed by atoms with Crippen molar-refractivity contribution >= 4 is 11.0 Å². The summed E-state index contributed by atoms with van der Waals surface area (Å²) in [5, 5.41) is 5.53. The first-order valence-electron chi connectivity index (χ1n) is 7.25. The average Bonchev–Trinajstić information content (AvgIpc) is 2.34. The van der Waals surface area contributed by atoms with Gasteiger partial charge in [-0.1, -0.05) is 6.07 Å². The summed E-state index contributed by atoms with van der Waals surface area (Å²) in [6.07, 6.45) is -3.45. The lowest BCUT2D eigenvalue weighted by molar-refractivity contribution is -0.141. The monoisotopic (exact) mass is 350 g/mol. The number of halogens is 3. The molecule has 0 aromatic carbocycles. The van der Waals surface area contributed by atoms with Crippen LogP contribution in [0.1, 0.15) is 57.7 Å². The number of pyridine rings is 1. The number of nitrogens with two attached hydrogens (primary N) is 1. The summed E-state index contributed by atoms with van der Waals surface area (Å²) in [4.78, 5) is 3.65. The third-order valence-corrected chi connectivity index (χ3v) is 5.27. The maximum atomic E-state index is 12.8. The van der Waals surface area contributed by atoms with E-state index in [1.807, 2.05) is 0 Å². The lowest BCUT2D eigenvalue weighted by Gasteiger charge is -2.39. The van der Waals surface area contributed by atoms with E-state index in [0.717, 1.165) is 6.07 Å². The second kappa shape index (κ2) is 5.73. The Labute approximate surface area is 136 Å². The van der Waals surface area contributed by atoms with E-state index in [-0.39, 0.29) is 11.8 Å². The summed E-state index contributed by atoms with van der Waals surface area (Å²) < 4.78 is 55.2. The van der Waals surface area contributed by atoms with Crippen LogP contribution in [0.25, 0.3) is 0 Å². The fourth-order valence-corrected chi connectivity index (χ4v) is 3.23. The molecule has 8 heteroatoms. The molecule has 2 heterocycles. The van der Waals surface area contributed by atoms with Gasteiger partial charge in [-0.2, -0.15) is 13.2 Å². The van der Waals surface area contributed by atoms with Gasteiger partial charge in [-0.05, 0) is 52.5 Å². The number of fused-ring (bicyclic) bond motifs is 1. The van der Waals surface area contributed by atoms with Crippen molar-refractivity contribution in [3.05, 3.63) is 23.4 Å². The minimum Gasteiger partial charge on any atom is -0.471 e. The first-order chi connectivity index (χ1) is 10.3. The molecule has 0 fully saturated rings. The molecule has 2 atom stereocenters. The molecule has 1 aliphatic rings. The van der Waals surface area contributed by atoms with Gasteiger partial charge in [0.2, 0.25) is 5.88 Å². The molecule has 2 N–H and O–H groups in total. The second-order valence-electron chi connectivity index (χ2n) is 7.11. The molecule has 0 radical (unpaired) electrons. The first kappa shape index (κ1) is 18.2. The topological polar surface area (TPSA) is 65.2 Å². The van der Waals surface area contributed by atoms with Crippen LogP contribution < -0.4 is 9.88 Å². The molecular formula is C15H21F3N2O2S. The minimum absolute atomic E-state index is 0.000297.